The van der Waals surface area contributed by atoms with Crippen LogP contribution in [0, 0.1) is 6.92 Å². The molecule has 0 bridgehead atoms. The number of esters is 1. The van der Waals surface area contributed by atoms with E-state index < -0.39 is 0 Å². The molecule has 0 fully saturated rings. The largest absolute Gasteiger partial charge is 0.424 e. The SMILES string of the molecule is Cc1ccccc1CC(=O)Oc1ccccc1N. The van der Waals surface area contributed by atoms with Crippen LogP contribution in [0.1, 0.15) is 11.1 Å². The highest BCUT2D eigenvalue weighted by atomic mass is 16.5. The van der Waals surface area contributed by atoms with Crippen molar-refractivity contribution < 1.29 is 9.53 Å². The van der Waals surface area contributed by atoms with E-state index in [1.165, 1.54) is 0 Å². The van der Waals surface area contributed by atoms with Gasteiger partial charge in [-0.2, -0.15) is 0 Å². The van der Waals surface area contributed by atoms with E-state index in [1.54, 1.807) is 24.3 Å². The maximum atomic E-state index is 11.8. The van der Waals surface area contributed by atoms with Crippen LogP contribution in [0.5, 0.6) is 5.75 Å². The first-order valence-corrected chi connectivity index (χ1v) is 5.76. The number of rotatable bonds is 3. The summed E-state index contributed by atoms with van der Waals surface area (Å²) in [5.41, 5.74) is 8.23. The molecule has 0 saturated carbocycles. The molecule has 0 unspecified atom stereocenters. The predicted molar refractivity (Wildman–Crippen MR) is 71.4 cm³/mol. The molecule has 3 heteroatoms. The van der Waals surface area contributed by atoms with Gasteiger partial charge in [0.2, 0.25) is 0 Å². The van der Waals surface area contributed by atoms with Gasteiger partial charge in [-0.25, -0.2) is 0 Å². The first-order chi connectivity index (χ1) is 8.66. The van der Waals surface area contributed by atoms with Crippen LogP contribution >= 0.6 is 0 Å². The lowest BCUT2D eigenvalue weighted by Gasteiger charge is -2.08. The van der Waals surface area contributed by atoms with Crippen LogP contribution in [-0.2, 0) is 11.2 Å². The van der Waals surface area contributed by atoms with Crippen molar-refractivity contribution in [1.29, 1.82) is 0 Å². The van der Waals surface area contributed by atoms with Crippen molar-refractivity contribution in [3.8, 4) is 5.75 Å². The summed E-state index contributed by atoms with van der Waals surface area (Å²) in [6.07, 6.45) is 0.251. The van der Waals surface area contributed by atoms with Crippen molar-refractivity contribution in [2.75, 3.05) is 5.73 Å². The van der Waals surface area contributed by atoms with Gasteiger partial charge in [-0.15, -0.1) is 0 Å². The zero-order valence-corrected chi connectivity index (χ0v) is 10.2. The second-order valence-electron chi connectivity index (χ2n) is 4.12. The number of carbonyl (C=O) groups is 1. The Kier molecular flexibility index (Phi) is 3.63. The number of hydrogen-bond acceptors (Lipinski definition) is 3. The number of para-hydroxylation sites is 2. The second-order valence-corrected chi connectivity index (χ2v) is 4.12. The number of benzene rings is 2. The van der Waals surface area contributed by atoms with Crippen LogP contribution in [-0.4, -0.2) is 5.97 Å². The van der Waals surface area contributed by atoms with E-state index >= 15 is 0 Å². The average molecular weight is 241 g/mol. The topological polar surface area (TPSA) is 52.3 Å². The number of anilines is 1. The van der Waals surface area contributed by atoms with Gasteiger partial charge in [0, 0.05) is 0 Å². The Bertz CT molecular complexity index is 514. The summed E-state index contributed by atoms with van der Waals surface area (Å²) in [6, 6.07) is 14.7. The fourth-order valence-corrected chi connectivity index (χ4v) is 1.70. The molecule has 2 rings (SSSR count). The zero-order chi connectivity index (χ0) is 13.0. The Hall–Kier alpha value is -2.29. The third kappa shape index (κ3) is 2.88. The molecule has 0 aliphatic carbocycles. The Balaban J connectivity index is 2.06. The van der Waals surface area contributed by atoms with Gasteiger partial charge in [0.15, 0.2) is 5.75 Å². The molecule has 0 atom stereocenters. The van der Waals surface area contributed by atoms with E-state index in [2.05, 4.69) is 0 Å². The minimum atomic E-state index is -0.304. The summed E-state index contributed by atoms with van der Waals surface area (Å²) < 4.78 is 5.24. The van der Waals surface area contributed by atoms with Gasteiger partial charge in [0.25, 0.3) is 0 Å². The monoisotopic (exact) mass is 241 g/mol. The molecule has 0 aliphatic heterocycles. The smallest absolute Gasteiger partial charge is 0.315 e. The second kappa shape index (κ2) is 5.36. The number of nitrogens with two attached hydrogens (primary N) is 1. The van der Waals surface area contributed by atoms with Crippen molar-refractivity contribution in [3.63, 3.8) is 0 Å². The minimum absolute atomic E-state index is 0.251. The van der Waals surface area contributed by atoms with Crippen molar-refractivity contribution in [1.82, 2.24) is 0 Å². The molecule has 0 amide bonds. The van der Waals surface area contributed by atoms with Gasteiger partial charge in [-0.05, 0) is 30.2 Å². The summed E-state index contributed by atoms with van der Waals surface area (Å²) in [5, 5.41) is 0. The predicted octanol–water partition coefficient (Wildman–Crippen LogP) is 2.73. The van der Waals surface area contributed by atoms with E-state index in [0.717, 1.165) is 11.1 Å². The molecule has 0 spiro atoms. The first kappa shape index (κ1) is 12.2. The van der Waals surface area contributed by atoms with Crippen LogP contribution in [0.3, 0.4) is 0 Å². The lowest BCUT2D eigenvalue weighted by Crippen LogP contribution is -2.12. The molecule has 0 saturated heterocycles. The average Bonchev–Trinajstić information content (AvgIpc) is 2.35. The number of hydrogen-bond donors (Lipinski definition) is 1. The van der Waals surface area contributed by atoms with Gasteiger partial charge in [0.1, 0.15) is 0 Å². The Morgan fingerprint density at radius 2 is 1.78 bits per heavy atom. The van der Waals surface area contributed by atoms with E-state index in [0.29, 0.717) is 11.4 Å². The summed E-state index contributed by atoms with van der Waals surface area (Å²) >= 11 is 0. The summed E-state index contributed by atoms with van der Waals surface area (Å²) in [7, 11) is 0. The highest BCUT2D eigenvalue weighted by Gasteiger charge is 2.09. The van der Waals surface area contributed by atoms with Crippen molar-refractivity contribution in [2.24, 2.45) is 0 Å². The van der Waals surface area contributed by atoms with Crippen molar-refractivity contribution in [2.45, 2.75) is 13.3 Å². The van der Waals surface area contributed by atoms with E-state index in [1.807, 2.05) is 31.2 Å². The summed E-state index contributed by atoms with van der Waals surface area (Å²) in [4.78, 5) is 11.8. The summed E-state index contributed by atoms with van der Waals surface area (Å²) in [6.45, 7) is 1.97. The van der Waals surface area contributed by atoms with Crippen molar-refractivity contribution in [3.05, 3.63) is 59.7 Å². The Labute approximate surface area is 106 Å². The lowest BCUT2D eigenvalue weighted by molar-refractivity contribution is -0.133. The third-order valence-electron chi connectivity index (χ3n) is 2.74. The third-order valence-corrected chi connectivity index (χ3v) is 2.74. The molecule has 0 aromatic heterocycles. The van der Waals surface area contributed by atoms with Gasteiger partial charge in [-0.3, -0.25) is 4.79 Å². The van der Waals surface area contributed by atoms with Crippen LogP contribution in [0.4, 0.5) is 5.69 Å². The fourth-order valence-electron chi connectivity index (χ4n) is 1.70. The maximum Gasteiger partial charge on any atom is 0.315 e. The van der Waals surface area contributed by atoms with Crippen LogP contribution in [0.25, 0.3) is 0 Å². The van der Waals surface area contributed by atoms with Gasteiger partial charge >= 0.3 is 5.97 Å². The van der Waals surface area contributed by atoms with Gasteiger partial charge < -0.3 is 10.5 Å². The lowest BCUT2D eigenvalue weighted by atomic mass is 10.1. The molecular formula is C15H15NO2. The zero-order valence-electron chi connectivity index (χ0n) is 10.2. The van der Waals surface area contributed by atoms with Gasteiger partial charge in [0.05, 0.1) is 12.1 Å². The molecule has 0 heterocycles. The molecule has 2 aromatic rings. The highest BCUT2D eigenvalue weighted by molar-refractivity contribution is 5.77. The quantitative estimate of drug-likeness (QED) is 0.510. The number of ether oxygens (including phenoxy) is 1. The van der Waals surface area contributed by atoms with E-state index in [9.17, 15) is 4.79 Å². The molecule has 2 aromatic carbocycles. The molecule has 2 N–H and O–H groups in total. The van der Waals surface area contributed by atoms with E-state index in [-0.39, 0.29) is 12.4 Å². The Morgan fingerprint density at radius 3 is 2.50 bits per heavy atom. The molecular weight excluding hydrogens is 226 g/mol. The van der Waals surface area contributed by atoms with Crippen LogP contribution in [0.2, 0.25) is 0 Å². The number of carbonyl (C=O) groups excluding carboxylic acids is 1. The maximum absolute atomic E-state index is 11.8. The van der Waals surface area contributed by atoms with E-state index in [4.69, 9.17) is 10.5 Å². The standard InChI is InChI=1S/C15H15NO2/c1-11-6-2-3-7-12(11)10-15(17)18-14-9-5-4-8-13(14)16/h2-9H,10,16H2,1H3. The minimum Gasteiger partial charge on any atom is -0.424 e. The van der Waals surface area contributed by atoms with Gasteiger partial charge in [-0.1, -0.05) is 36.4 Å². The Morgan fingerprint density at radius 1 is 1.11 bits per heavy atom. The summed E-state index contributed by atoms with van der Waals surface area (Å²) in [5.74, 6) is 0.110. The highest BCUT2D eigenvalue weighted by Crippen LogP contribution is 2.20. The molecule has 0 radical (unpaired) electrons. The number of aryl methyl sites for hydroxylation is 1. The van der Waals surface area contributed by atoms with Crippen LogP contribution in [0.15, 0.2) is 48.5 Å². The number of nitrogen functional groups attached to an aromatic ring is 1. The van der Waals surface area contributed by atoms with Crippen molar-refractivity contribution >= 4 is 11.7 Å². The molecule has 18 heavy (non-hydrogen) atoms. The fraction of sp³-hybridized carbons (Fsp3) is 0.133. The first-order valence-electron chi connectivity index (χ1n) is 5.76. The normalized spacial score (nSPS) is 10.1. The molecule has 92 valence electrons. The molecule has 0 aliphatic rings. The molecule has 3 nitrogen and oxygen atoms in total. The van der Waals surface area contributed by atoms with Crippen LogP contribution < -0.4 is 10.5 Å².